The Bertz CT molecular complexity index is 592. The van der Waals surface area contributed by atoms with E-state index in [1.807, 2.05) is 45.0 Å². The highest BCUT2D eigenvalue weighted by atomic mass is 16.2. The van der Waals surface area contributed by atoms with Crippen molar-refractivity contribution in [3.05, 3.63) is 29.8 Å². The van der Waals surface area contributed by atoms with Crippen molar-refractivity contribution in [1.29, 1.82) is 0 Å². The molecule has 0 aliphatic carbocycles. The summed E-state index contributed by atoms with van der Waals surface area (Å²) in [7, 11) is 0. The van der Waals surface area contributed by atoms with Crippen molar-refractivity contribution in [2.24, 2.45) is 0 Å². The number of carbonyl (C=O) groups is 2. The van der Waals surface area contributed by atoms with Crippen LogP contribution in [0.25, 0.3) is 0 Å². The number of nitrogens with zero attached hydrogens (tertiary/aromatic N) is 2. The van der Waals surface area contributed by atoms with E-state index in [4.69, 9.17) is 0 Å². The first-order chi connectivity index (χ1) is 12.4. The van der Waals surface area contributed by atoms with Crippen LogP contribution in [0.3, 0.4) is 0 Å². The lowest BCUT2D eigenvalue weighted by Gasteiger charge is -2.37. The van der Waals surface area contributed by atoms with Gasteiger partial charge in [-0.3, -0.25) is 19.4 Å². The van der Waals surface area contributed by atoms with Crippen LogP contribution in [0.2, 0.25) is 0 Å². The van der Waals surface area contributed by atoms with Crippen molar-refractivity contribution >= 4 is 17.5 Å². The minimum Gasteiger partial charge on any atom is -0.353 e. The summed E-state index contributed by atoms with van der Waals surface area (Å²) in [5, 5.41) is 5.92. The second-order valence-corrected chi connectivity index (χ2v) is 7.25. The highest BCUT2D eigenvalue weighted by Crippen LogP contribution is 2.12. The van der Waals surface area contributed by atoms with Crippen LogP contribution in [-0.4, -0.2) is 66.4 Å². The maximum absolute atomic E-state index is 12.5. The van der Waals surface area contributed by atoms with Gasteiger partial charge in [-0.1, -0.05) is 19.1 Å². The Labute approximate surface area is 156 Å². The average Bonchev–Trinajstić information content (AvgIpc) is 2.61. The van der Waals surface area contributed by atoms with Crippen LogP contribution in [0.15, 0.2) is 24.3 Å². The molecule has 1 atom stereocenters. The second kappa shape index (κ2) is 9.69. The second-order valence-electron chi connectivity index (χ2n) is 7.25. The van der Waals surface area contributed by atoms with E-state index < -0.39 is 0 Å². The van der Waals surface area contributed by atoms with E-state index in [0.29, 0.717) is 6.54 Å². The largest absolute Gasteiger partial charge is 0.353 e. The molecule has 1 saturated heterocycles. The maximum Gasteiger partial charge on any atom is 0.241 e. The molecule has 144 valence electrons. The molecule has 0 spiro atoms. The van der Waals surface area contributed by atoms with E-state index in [2.05, 4.69) is 27.4 Å². The molecule has 0 radical (unpaired) electrons. The molecule has 2 rings (SSSR count). The van der Waals surface area contributed by atoms with Gasteiger partial charge in [-0.25, -0.2) is 0 Å². The molecule has 2 N–H and O–H groups in total. The molecule has 1 fully saturated rings. The topological polar surface area (TPSA) is 64.7 Å². The van der Waals surface area contributed by atoms with Gasteiger partial charge in [0.2, 0.25) is 11.8 Å². The van der Waals surface area contributed by atoms with E-state index >= 15 is 0 Å². The molecular formula is C20H32N4O2. The van der Waals surface area contributed by atoms with Crippen molar-refractivity contribution in [1.82, 2.24) is 15.1 Å². The van der Waals surface area contributed by atoms with Crippen molar-refractivity contribution in [2.75, 3.05) is 38.0 Å². The van der Waals surface area contributed by atoms with Crippen molar-refractivity contribution in [3.8, 4) is 0 Å². The summed E-state index contributed by atoms with van der Waals surface area (Å²) in [6.07, 6.45) is 0.990. The third-order valence-electron chi connectivity index (χ3n) is 4.78. The minimum absolute atomic E-state index is 0.0141. The molecular weight excluding hydrogens is 328 g/mol. The zero-order valence-corrected chi connectivity index (χ0v) is 16.4. The summed E-state index contributed by atoms with van der Waals surface area (Å²) in [6, 6.07) is 7.97. The molecule has 0 bridgehead atoms. The van der Waals surface area contributed by atoms with Crippen molar-refractivity contribution < 1.29 is 9.59 Å². The Morgan fingerprint density at radius 3 is 2.19 bits per heavy atom. The van der Waals surface area contributed by atoms with E-state index in [1.54, 1.807) is 0 Å². The zero-order chi connectivity index (χ0) is 19.1. The lowest BCUT2D eigenvalue weighted by molar-refractivity contribution is -0.125. The van der Waals surface area contributed by atoms with E-state index in [9.17, 15) is 9.59 Å². The SMILES string of the molecule is CCc1ccc(NC(=O)[C@H](C)N2CCN(CC(=O)NC(C)C)CC2)cc1. The monoisotopic (exact) mass is 360 g/mol. The van der Waals surface area contributed by atoms with Gasteiger partial charge in [-0.2, -0.15) is 0 Å². The van der Waals surface area contributed by atoms with Gasteiger partial charge in [0.1, 0.15) is 0 Å². The van der Waals surface area contributed by atoms with Crippen LogP contribution >= 0.6 is 0 Å². The van der Waals surface area contributed by atoms with Crippen LogP contribution in [0.5, 0.6) is 0 Å². The number of amides is 2. The van der Waals surface area contributed by atoms with Crippen LogP contribution < -0.4 is 10.6 Å². The Kier molecular flexibility index (Phi) is 7.60. The van der Waals surface area contributed by atoms with Gasteiger partial charge >= 0.3 is 0 Å². The Morgan fingerprint density at radius 1 is 1.04 bits per heavy atom. The predicted molar refractivity (Wildman–Crippen MR) is 105 cm³/mol. The van der Waals surface area contributed by atoms with Gasteiger partial charge < -0.3 is 10.6 Å². The normalized spacial score (nSPS) is 17.1. The summed E-state index contributed by atoms with van der Waals surface area (Å²) in [5.41, 5.74) is 2.09. The standard InChI is InChI=1S/C20H32N4O2/c1-5-17-6-8-18(9-7-17)22-20(26)16(4)24-12-10-23(11-13-24)14-19(25)21-15(2)3/h6-9,15-16H,5,10-14H2,1-4H3,(H,21,25)(H,22,26)/t16-/m0/s1. The number of rotatable bonds is 7. The van der Waals surface area contributed by atoms with E-state index in [0.717, 1.165) is 38.3 Å². The first-order valence-electron chi connectivity index (χ1n) is 9.54. The molecule has 1 aliphatic rings. The Balaban J connectivity index is 1.78. The summed E-state index contributed by atoms with van der Waals surface area (Å²) in [6.45, 7) is 11.6. The molecule has 6 nitrogen and oxygen atoms in total. The third-order valence-corrected chi connectivity index (χ3v) is 4.78. The van der Waals surface area contributed by atoms with Gasteiger partial charge in [0.25, 0.3) is 0 Å². The fraction of sp³-hybridized carbons (Fsp3) is 0.600. The lowest BCUT2D eigenvalue weighted by Crippen LogP contribution is -2.54. The first kappa shape index (κ1) is 20.4. The summed E-state index contributed by atoms with van der Waals surface area (Å²) in [5.74, 6) is 0.0787. The molecule has 26 heavy (non-hydrogen) atoms. The van der Waals surface area contributed by atoms with E-state index in [1.165, 1.54) is 5.56 Å². The number of hydrogen-bond acceptors (Lipinski definition) is 4. The van der Waals surface area contributed by atoms with Crippen molar-refractivity contribution in [2.45, 2.75) is 46.2 Å². The Hall–Kier alpha value is -1.92. The van der Waals surface area contributed by atoms with Crippen LogP contribution in [0.1, 0.15) is 33.3 Å². The fourth-order valence-corrected chi connectivity index (χ4v) is 3.12. The molecule has 1 aromatic rings. The molecule has 1 aromatic carbocycles. The number of hydrogen-bond donors (Lipinski definition) is 2. The summed E-state index contributed by atoms with van der Waals surface area (Å²) in [4.78, 5) is 28.7. The number of benzene rings is 1. The van der Waals surface area contributed by atoms with E-state index in [-0.39, 0.29) is 23.9 Å². The Morgan fingerprint density at radius 2 is 1.65 bits per heavy atom. The molecule has 1 heterocycles. The fourth-order valence-electron chi connectivity index (χ4n) is 3.12. The van der Waals surface area contributed by atoms with Crippen LogP contribution in [0, 0.1) is 0 Å². The van der Waals surface area contributed by atoms with Gasteiger partial charge in [0.15, 0.2) is 0 Å². The molecule has 6 heteroatoms. The maximum atomic E-state index is 12.5. The minimum atomic E-state index is -0.188. The number of aryl methyl sites for hydroxylation is 1. The highest BCUT2D eigenvalue weighted by molar-refractivity contribution is 5.94. The van der Waals surface area contributed by atoms with Crippen LogP contribution in [-0.2, 0) is 16.0 Å². The smallest absolute Gasteiger partial charge is 0.241 e. The average molecular weight is 361 g/mol. The number of anilines is 1. The third kappa shape index (κ3) is 6.11. The van der Waals surface area contributed by atoms with Gasteiger partial charge in [-0.05, 0) is 44.9 Å². The first-order valence-corrected chi connectivity index (χ1v) is 9.54. The highest BCUT2D eigenvalue weighted by Gasteiger charge is 2.26. The summed E-state index contributed by atoms with van der Waals surface area (Å²) < 4.78 is 0. The molecule has 1 aliphatic heterocycles. The number of carbonyl (C=O) groups excluding carboxylic acids is 2. The molecule has 0 saturated carbocycles. The summed E-state index contributed by atoms with van der Waals surface area (Å²) >= 11 is 0. The van der Waals surface area contributed by atoms with Gasteiger partial charge in [0.05, 0.1) is 12.6 Å². The van der Waals surface area contributed by atoms with Crippen LogP contribution in [0.4, 0.5) is 5.69 Å². The van der Waals surface area contributed by atoms with Gasteiger partial charge in [-0.15, -0.1) is 0 Å². The number of piperazine rings is 1. The molecule has 0 unspecified atom stereocenters. The predicted octanol–water partition coefficient (Wildman–Crippen LogP) is 1.72. The lowest BCUT2D eigenvalue weighted by atomic mass is 10.1. The number of nitrogens with one attached hydrogen (secondary N) is 2. The zero-order valence-electron chi connectivity index (χ0n) is 16.4. The van der Waals surface area contributed by atoms with Gasteiger partial charge in [0, 0.05) is 37.9 Å². The quantitative estimate of drug-likeness (QED) is 0.777. The van der Waals surface area contributed by atoms with Crippen molar-refractivity contribution in [3.63, 3.8) is 0 Å². The molecule has 2 amide bonds. The molecule has 0 aromatic heterocycles.